The van der Waals surface area contributed by atoms with Crippen LogP contribution in [0.25, 0.3) is 0 Å². The first-order valence-corrected chi connectivity index (χ1v) is 8.87. The summed E-state index contributed by atoms with van der Waals surface area (Å²) in [6.07, 6.45) is 4.43. The van der Waals surface area contributed by atoms with Gasteiger partial charge in [0, 0.05) is 51.5 Å². The zero-order valence-electron chi connectivity index (χ0n) is 14.7. The molecule has 7 heteroatoms. The molecule has 1 aromatic rings. The average molecular weight is 346 g/mol. The maximum absolute atomic E-state index is 12.8. The van der Waals surface area contributed by atoms with Gasteiger partial charge in [0.15, 0.2) is 0 Å². The van der Waals surface area contributed by atoms with E-state index in [0.29, 0.717) is 25.9 Å². The number of hydrogen-bond donors (Lipinski definition) is 1. The van der Waals surface area contributed by atoms with Crippen molar-refractivity contribution >= 4 is 11.8 Å². The van der Waals surface area contributed by atoms with Gasteiger partial charge < -0.3 is 15.0 Å². The van der Waals surface area contributed by atoms with E-state index in [1.807, 2.05) is 19.1 Å². The number of pyridine rings is 1. The topological polar surface area (TPSA) is 74.8 Å². The van der Waals surface area contributed by atoms with Crippen molar-refractivity contribution in [2.24, 2.45) is 0 Å². The van der Waals surface area contributed by atoms with Gasteiger partial charge in [-0.3, -0.25) is 19.5 Å². The van der Waals surface area contributed by atoms with Crippen LogP contribution in [-0.2, 0) is 20.9 Å². The van der Waals surface area contributed by atoms with Crippen LogP contribution in [0.5, 0.6) is 0 Å². The van der Waals surface area contributed by atoms with Crippen LogP contribution in [0.15, 0.2) is 24.5 Å². The summed E-state index contributed by atoms with van der Waals surface area (Å²) in [4.78, 5) is 33.2. The second-order valence-electron chi connectivity index (χ2n) is 6.82. The number of ether oxygens (including phenoxy) is 1. The molecule has 0 saturated carbocycles. The molecule has 3 rings (SSSR count). The predicted molar refractivity (Wildman–Crippen MR) is 92.7 cm³/mol. The number of aromatic nitrogens is 1. The zero-order chi connectivity index (χ0) is 17.7. The minimum Gasteiger partial charge on any atom is -0.379 e. The van der Waals surface area contributed by atoms with Crippen molar-refractivity contribution in [2.75, 3.05) is 39.4 Å². The minimum atomic E-state index is -0.772. The fraction of sp³-hybridized carbons (Fsp3) is 0.611. The van der Waals surface area contributed by atoms with Crippen molar-refractivity contribution in [3.8, 4) is 0 Å². The lowest BCUT2D eigenvalue weighted by Gasteiger charge is -2.36. The van der Waals surface area contributed by atoms with E-state index in [1.165, 1.54) is 0 Å². The Morgan fingerprint density at radius 3 is 2.88 bits per heavy atom. The molecule has 136 valence electrons. The monoisotopic (exact) mass is 346 g/mol. The summed E-state index contributed by atoms with van der Waals surface area (Å²) in [5.74, 6) is -0.0310. The molecule has 2 fully saturated rings. The van der Waals surface area contributed by atoms with Crippen LogP contribution >= 0.6 is 0 Å². The van der Waals surface area contributed by atoms with Crippen molar-refractivity contribution in [1.82, 2.24) is 20.1 Å². The standard InChI is InChI=1S/C18H26N4O3/c1-18(17(24)20-14-15-3-2-6-19-13-15)5-4-16(23)22(18)8-7-21-9-11-25-12-10-21/h2-3,6,13H,4-5,7-12,14H2,1H3,(H,20,24). The molecule has 2 saturated heterocycles. The average Bonchev–Trinajstić information content (AvgIpc) is 2.95. The van der Waals surface area contributed by atoms with Gasteiger partial charge in [-0.05, 0) is 25.0 Å². The molecule has 2 amide bonds. The van der Waals surface area contributed by atoms with Crippen LogP contribution in [0, 0.1) is 0 Å². The van der Waals surface area contributed by atoms with E-state index in [2.05, 4.69) is 15.2 Å². The van der Waals surface area contributed by atoms with E-state index in [9.17, 15) is 9.59 Å². The molecule has 0 bridgehead atoms. The van der Waals surface area contributed by atoms with Crippen molar-refractivity contribution in [3.05, 3.63) is 30.1 Å². The molecular formula is C18H26N4O3. The van der Waals surface area contributed by atoms with E-state index < -0.39 is 5.54 Å². The number of morpholine rings is 1. The lowest BCUT2D eigenvalue weighted by Crippen LogP contribution is -2.56. The Kier molecular flexibility index (Phi) is 5.65. The van der Waals surface area contributed by atoms with Crippen LogP contribution in [0.3, 0.4) is 0 Å². The fourth-order valence-corrected chi connectivity index (χ4v) is 3.44. The molecule has 2 aliphatic heterocycles. The third-order valence-corrected chi connectivity index (χ3v) is 5.13. The summed E-state index contributed by atoms with van der Waals surface area (Å²) in [5.41, 5.74) is 0.176. The third-order valence-electron chi connectivity index (χ3n) is 5.13. The first-order valence-electron chi connectivity index (χ1n) is 8.87. The number of amides is 2. The molecule has 1 aromatic heterocycles. The maximum Gasteiger partial charge on any atom is 0.245 e. The van der Waals surface area contributed by atoms with Gasteiger partial charge in [-0.15, -0.1) is 0 Å². The van der Waals surface area contributed by atoms with Crippen molar-refractivity contribution in [2.45, 2.75) is 31.8 Å². The summed E-state index contributed by atoms with van der Waals surface area (Å²) < 4.78 is 5.35. The summed E-state index contributed by atoms with van der Waals surface area (Å²) in [6, 6.07) is 3.77. The molecule has 25 heavy (non-hydrogen) atoms. The first-order chi connectivity index (χ1) is 12.1. The zero-order valence-corrected chi connectivity index (χ0v) is 14.7. The van der Waals surface area contributed by atoms with Gasteiger partial charge in [0.05, 0.1) is 13.2 Å². The highest BCUT2D eigenvalue weighted by atomic mass is 16.5. The Labute approximate surface area is 148 Å². The van der Waals surface area contributed by atoms with Crippen LogP contribution in [0.4, 0.5) is 0 Å². The van der Waals surface area contributed by atoms with Gasteiger partial charge >= 0.3 is 0 Å². The normalized spacial score (nSPS) is 24.5. The highest BCUT2D eigenvalue weighted by Crippen LogP contribution is 2.30. The second kappa shape index (κ2) is 7.93. The number of carbonyl (C=O) groups is 2. The number of rotatable bonds is 6. The molecule has 0 radical (unpaired) electrons. The van der Waals surface area contributed by atoms with E-state index in [-0.39, 0.29) is 11.8 Å². The molecule has 0 spiro atoms. The SMILES string of the molecule is CC1(C(=O)NCc2cccnc2)CCC(=O)N1CCN1CCOCC1. The number of nitrogens with one attached hydrogen (secondary N) is 1. The van der Waals surface area contributed by atoms with E-state index >= 15 is 0 Å². The van der Waals surface area contributed by atoms with E-state index in [1.54, 1.807) is 17.3 Å². The van der Waals surface area contributed by atoms with E-state index in [4.69, 9.17) is 4.74 Å². The van der Waals surface area contributed by atoms with Gasteiger partial charge in [0.2, 0.25) is 11.8 Å². The molecule has 1 unspecified atom stereocenters. The number of likely N-dealkylation sites (tertiary alicyclic amines) is 1. The molecule has 3 heterocycles. The third kappa shape index (κ3) is 4.16. The fourth-order valence-electron chi connectivity index (χ4n) is 3.44. The Balaban J connectivity index is 1.58. The Morgan fingerprint density at radius 1 is 1.36 bits per heavy atom. The second-order valence-corrected chi connectivity index (χ2v) is 6.82. The quantitative estimate of drug-likeness (QED) is 0.808. The number of nitrogens with zero attached hydrogens (tertiary/aromatic N) is 3. The van der Waals surface area contributed by atoms with Gasteiger partial charge in [-0.25, -0.2) is 0 Å². The highest BCUT2D eigenvalue weighted by molar-refractivity contribution is 5.94. The lowest BCUT2D eigenvalue weighted by molar-refractivity contribution is -0.141. The van der Waals surface area contributed by atoms with Crippen LogP contribution in [-0.4, -0.2) is 71.5 Å². The van der Waals surface area contributed by atoms with Crippen LogP contribution in [0.1, 0.15) is 25.3 Å². The molecule has 0 aromatic carbocycles. The summed E-state index contributed by atoms with van der Waals surface area (Å²) >= 11 is 0. The summed E-state index contributed by atoms with van der Waals surface area (Å²) in [6.45, 7) is 6.88. The smallest absolute Gasteiger partial charge is 0.245 e. The highest BCUT2D eigenvalue weighted by Gasteiger charge is 2.46. The molecule has 1 atom stereocenters. The minimum absolute atomic E-state index is 0.0623. The molecular weight excluding hydrogens is 320 g/mol. The summed E-state index contributed by atoms with van der Waals surface area (Å²) in [7, 11) is 0. The van der Waals surface area contributed by atoms with E-state index in [0.717, 1.165) is 38.4 Å². The van der Waals surface area contributed by atoms with Crippen molar-refractivity contribution < 1.29 is 14.3 Å². The molecule has 0 aliphatic carbocycles. The maximum atomic E-state index is 12.8. The van der Waals surface area contributed by atoms with Gasteiger partial charge in [0.25, 0.3) is 0 Å². The Morgan fingerprint density at radius 2 is 2.16 bits per heavy atom. The van der Waals surface area contributed by atoms with Crippen LogP contribution in [0.2, 0.25) is 0 Å². The molecule has 2 aliphatic rings. The van der Waals surface area contributed by atoms with Gasteiger partial charge in [-0.1, -0.05) is 6.07 Å². The van der Waals surface area contributed by atoms with Crippen molar-refractivity contribution in [3.63, 3.8) is 0 Å². The number of carbonyl (C=O) groups excluding carboxylic acids is 2. The molecule has 7 nitrogen and oxygen atoms in total. The molecule has 1 N–H and O–H groups in total. The summed E-state index contributed by atoms with van der Waals surface area (Å²) in [5, 5.41) is 2.96. The van der Waals surface area contributed by atoms with Gasteiger partial charge in [-0.2, -0.15) is 0 Å². The number of hydrogen-bond acceptors (Lipinski definition) is 5. The largest absolute Gasteiger partial charge is 0.379 e. The predicted octanol–water partition coefficient (Wildman–Crippen LogP) is 0.411. The van der Waals surface area contributed by atoms with Gasteiger partial charge in [0.1, 0.15) is 5.54 Å². The lowest BCUT2D eigenvalue weighted by atomic mass is 9.97. The van der Waals surface area contributed by atoms with Crippen molar-refractivity contribution in [1.29, 1.82) is 0 Å². The Hall–Kier alpha value is -1.99. The van der Waals surface area contributed by atoms with Crippen LogP contribution < -0.4 is 5.32 Å². The Bertz CT molecular complexity index is 604. The first kappa shape index (κ1) is 17.8.